The molecule has 2 unspecified atom stereocenters. The lowest BCUT2D eigenvalue weighted by Gasteiger charge is -2.35. The third-order valence-corrected chi connectivity index (χ3v) is 12.2. The summed E-state index contributed by atoms with van der Waals surface area (Å²) in [6, 6.07) is 4.44. The molecule has 1 aromatic carbocycles. The molecule has 0 fully saturated rings. The fourth-order valence-electron chi connectivity index (χ4n) is 7.37. The molecule has 5 amide bonds. The lowest BCUT2D eigenvalue weighted by molar-refractivity contribution is -0.224. The highest BCUT2D eigenvalue weighted by Crippen LogP contribution is 2.27. The number of hydrogen-bond acceptors (Lipinski definition) is 13. The van der Waals surface area contributed by atoms with Crippen LogP contribution in [-0.2, 0) is 54.2 Å². The first-order chi connectivity index (χ1) is 31.5. The summed E-state index contributed by atoms with van der Waals surface area (Å²) < 4.78 is 18.1. The standard InChI is InChI=1S/C49H79N7O11/c1-15-30(5)41-44(59)52-35(10)48(63)67-42(31(6)16-2)33(8)38(66-49(64)54(12)25-24-50-11)23-22-32(7)47(62)65-39(26-29(3)4)43(58)51-34(9)45(60)56(14)37(27-36-20-18-17-19-21-36)46(61)55(13)28-40(57)53-41/h16-22,29-30,33-35,37-39,41-42,49-50,64H,15,23-28H2,1-14H3,(H,51,58)(H,52,59)(H,53,57)/b31-16+,32-22+/t30?,33-,34-,35+,37+,38-,39+,41-,42+,49?/m0/s1. The van der Waals surface area contributed by atoms with Crippen LogP contribution in [0.1, 0.15) is 94.1 Å². The number of aliphatic hydroxyl groups is 1. The Labute approximate surface area is 397 Å². The summed E-state index contributed by atoms with van der Waals surface area (Å²) in [6.07, 6.45) is -0.438. The van der Waals surface area contributed by atoms with Gasteiger partial charge in [0.25, 0.3) is 5.91 Å². The maximum absolute atomic E-state index is 14.2. The number of carbonyl (C=O) groups excluding carboxylic acids is 7. The van der Waals surface area contributed by atoms with Crippen LogP contribution in [0.4, 0.5) is 0 Å². The van der Waals surface area contributed by atoms with E-state index in [2.05, 4.69) is 21.3 Å². The second-order valence-electron chi connectivity index (χ2n) is 18.2. The molecule has 1 aromatic rings. The van der Waals surface area contributed by atoms with Crippen LogP contribution >= 0.6 is 0 Å². The van der Waals surface area contributed by atoms with Crippen molar-refractivity contribution in [1.29, 1.82) is 0 Å². The highest BCUT2D eigenvalue weighted by Gasteiger charge is 2.37. The second kappa shape index (κ2) is 28.2. The molecule has 1 aliphatic heterocycles. The monoisotopic (exact) mass is 942 g/mol. The van der Waals surface area contributed by atoms with Crippen LogP contribution in [0.5, 0.6) is 0 Å². The van der Waals surface area contributed by atoms with Crippen molar-refractivity contribution in [1.82, 2.24) is 36.0 Å². The number of allylic oxidation sites excluding steroid dienone is 1. The molecule has 10 atom stereocenters. The minimum Gasteiger partial charge on any atom is -0.456 e. The molecule has 2 rings (SSSR count). The average molecular weight is 942 g/mol. The Balaban J connectivity index is 2.74. The molecule has 5 N–H and O–H groups in total. The molecular formula is C49H79N7O11. The average Bonchev–Trinajstić information content (AvgIpc) is 3.29. The largest absolute Gasteiger partial charge is 0.456 e. The highest BCUT2D eigenvalue weighted by atomic mass is 16.6. The van der Waals surface area contributed by atoms with E-state index in [9.17, 15) is 38.7 Å². The summed E-state index contributed by atoms with van der Waals surface area (Å²) in [5.74, 6) is -5.92. The van der Waals surface area contributed by atoms with Crippen LogP contribution in [0.3, 0.4) is 0 Å². The van der Waals surface area contributed by atoms with Gasteiger partial charge in [0.05, 0.1) is 12.6 Å². The number of carbonyl (C=O) groups is 7. The quantitative estimate of drug-likeness (QED) is 0.109. The number of cyclic esters (lactones) is 2. The Morgan fingerprint density at radius 2 is 1.58 bits per heavy atom. The normalized spacial score (nSPS) is 27.4. The van der Waals surface area contributed by atoms with Gasteiger partial charge in [-0.25, -0.2) is 9.59 Å². The van der Waals surface area contributed by atoms with Crippen molar-refractivity contribution >= 4 is 41.5 Å². The number of hydrogen-bond donors (Lipinski definition) is 5. The molecule has 1 aliphatic rings. The van der Waals surface area contributed by atoms with E-state index in [0.717, 1.165) is 5.56 Å². The second-order valence-corrected chi connectivity index (χ2v) is 18.2. The Kier molecular flexibility index (Phi) is 24.4. The van der Waals surface area contributed by atoms with Gasteiger partial charge in [-0.2, -0.15) is 0 Å². The molecule has 1 heterocycles. The summed E-state index contributed by atoms with van der Waals surface area (Å²) in [5.41, 5.74) is 1.51. The van der Waals surface area contributed by atoms with Gasteiger partial charge in [-0.1, -0.05) is 83.5 Å². The minimum atomic E-state index is -1.40. The summed E-state index contributed by atoms with van der Waals surface area (Å²) in [7, 11) is 6.31. The van der Waals surface area contributed by atoms with Gasteiger partial charge in [-0.3, -0.25) is 28.9 Å². The highest BCUT2D eigenvalue weighted by molar-refractivity contribution is 5.96. The van der Waals surface area contributed by atoms with Crippen LogP contribution in [0, 0.1) is 17.8 Å². The van der Waals surface area contributed by atoms with Gasteiger partial charge in [0.15, 0.2) is 6.10 Å². The number of esters is 2. The van der Waals surface area contributed by atoms with Crippen molar-refractivity contribution < 1.29 is 52.9 Å². The van der Waals surface area contributed by atoms with Gasteiger partial charge in [0, 0.05) is 45.1 Å². The van der Waals surface area contributed by atoms with E-state index in [1.807, 2.05) is 26.8 Å². The first-order valence-electron chi connectivity index (χ1n) is 23.3. The first-order valence-corrected chi connectivity index (χ1v) is 23.3. The molecule has 0 radical (unpaired) electrons. The zero-order valence-corrected chi connectivity index (χ0v) is 42.2. The van der Waals surface area contributed by atoms with Gasteiger partial charge >= 0.3 is 11.9 Å². The maximum atomic E-state index is 14.2. The van der Waals surface area contributed by atoms with Gasteiger partial charge in [0.2, 0.25) is 30.0 Å². The third kappa shape index (κ3) is 18.1. The molecule has 376 valence electrons. The molecule has 0 saturated heterocycles. The molecule has 18 heteroatoms. The number of nitrogens with zero attached hydrogens (tertiary/aromatic N) is 3. The Bertz CT molecular complexity index is 1880. The SMILES string of the molecule is C/C=C(\C)[C@H]1OC(=O)[C@@H](C)NC(=O)[C@H](C(C)CC)NC(=O)CN(C)C(=O)[C@@H](Cc2ccccc2)N(C)C(=O)[C@H](C)NC(=O)[C@@H](CC(C)C)OC(=O)/C(C)=C/C[C@H](OC(O)N(C)CCNC)[C@@H]1C. The lowest BCUT2D eigenvalue weighted by atomic mass is 9.90. The van der Waals surface area contributed by atoms with E-state index >= 15 is 0 Å². The van der Waals surface area contributed by atoms with Crippen LogP contribution < -0.4 is 21.3 Å². The minimum absolute atomic E-state index is 0.0314. The van der Waals surface area contributed by atoms with E-state index < -0.39 is 109 Å². The summed E-state index contributed by atoms with van der Waals surface area (Å²) >= 11 is 0. The smallest absolute Gasteiger partial charge is 0.334 e. The van der Waals surface area contributed by atoms with Crippen LogP contribution in [0.2, 0.25) is 0 Å². The molecule has 0 aromatic heterocycles. The number of nitrogens with one attached hydrogen (secondary N) is 4. The van der Waals surface area contributed by atoms with Crippen LogP contribution in [0.15, 0.2) is 53.6 Å². The summed E-state index contributed by atoms with van der Waals surface area (Å²) in [6.45, 7) is 17.6. The predicted octanol–water partition coefficient (Wildman–Crippen LogP) is 2.69. The van der Waals surface area contributed by atoms with Crippen molar-refractivity contribution in [3.63, 3.8) is 0 Å². The van der Waals surface area contributed by atoms with Crippen molar-refractivity contribution in [2.24, 2.45) is 17.8 Å². The maximum Gasteiger partial charge on any atom is 0.334 e. The molecule has 0 spiro atoms. The first kappa shape index (κ1) is 58.0. The summed E-state index contributed by atoms with van der Waals surface area (Å²) in [4.78, 5) is 101. The van der Waals surface area contributed by atoms with Crippen molar-refractivity contribution in [3.05, 3.63) is 59.2 Å². The number of likely N-dealkylation sites (N-methyl/N-ethyl adjacent to an activating group) is 4. The van der Waals surface area contributed by atoms with E-state index in [1.165, 1.54) is 44.7 Å². The van der Waals surface area contributed by atoms with Crippen molar-refractivity contribution in [3.8, 4) is 0 Å². The fourth-order valence-corrected chi connectivity index (χ4v) is 7.37. The Morgan fingerprint density at radius 3 is 2.16 bits per heavy atom. The molecule has 0 saturated carbocycles. The summed E-state index contributed by atoms with van der Waals surface area (Å²) in [5, 5.41) is 22.4. The van der Waals surface area contributed by atoms with E-state index in [0.29, 0.717) is 25.1 Å². The van der Waals surface area contributed by atoms with Gasteiger partial charge in [0.1, 0.15) is 30.3 Å². The van der Waals surface area contributed by atoms with Crippen molar-refractivity contribution in [2.45, 2.75) is 144 Å². The topological polar surface area (TPSA) is 225 Å². The predicted molar refractivity (Wildman–Crippen MR) is 255 cm³/mol. The van der Waals surface area contributed by atoms with E-state index in [4.69, 9.17) is 14.2 Å². The fraction of sp³-hybridized carbons (Fsp3) is 0.653. The van der Waals surface area contributed by atoms with Crippen molar-refractivity contribution in [2.75, 3.05) is 47.8 Å². The number of benzene rings is 1. The molecular weight excluding hydrogens is 863 g/mol. The van der Waals surface area contributed by atoms with Gasteiger partial charge < -0.3 is 50.4 Å². The lowest BCUT2D eigenvalue weighted by Crippen LogP contribution is -2.57. The third-order valence-electron chi connectivity index (χ3n) is 12.2. The zero-order valence-electron chi connectivity index (χ0n) is 42.2. The van der Waals surface area contributed by atoms with Crippen LogP contribution in [0.25, 0.3) is 0 Å². The number of aliphatic hydroxyl groups excluding tert-OH is 1. The van der Waals surface area contributed by atoms with Crippen LogP contribution in [-0.4, -0.2) is 158 Å². The molecule has 18 nitrogen and oxygen atoms in total. The molecule has 0 aliphatic carbocycles. The Morgan fingerprint density at radius 1 is 0.955 bits per heavy atom. The number of rotatable bonds is 13. The van der Waals surface area contributed by atoms with E-state index in [1.54, 1.807) is 83.1 Å². The molecule has 67 heavy (non-hydrogen) atoms. The van der Waals surface area contributed by atoms with Gasteiger partial charge in [-0.15, -0.1) is 0 Å². The number of ether oxygens (including phenoxy) is 3. The molecule has 0 bridgehead atoms. The number of amides is 5. The zero-order chi connectivity index (χ0) is 50.7. The van der Waals surface area contributed by atoms with E-state index in [-0.39, 0.29) is 30.8 Å². The van der Waals surface area contributed by atoms with Gasteiger partial charge in [-0.05, 0) is 84.5 Å². The Hall–Kier alpha value is -5.17.